The highest BCUT2D eigenvalue weighted by Crippen LogP contribution is 2.22. The van der Waals surface area contributed by atoms with Crippen molar-refractivity contribution in [2.75, 3.05) is 13.2 Å². The fourth-order valence-corrected chi connectivity index (χ4v) is 4.05. The number of aromatic amines is 1. The lowest BCUT2D eigenvalue weighted by Crippen LogP contribution is -3.12. The highest BCUT2D eigenvalue weighted by molar-refractivity contribution is 5.79. The van der Waals surface area contributed by atoms with Gasteiger partial charge in [-0.15, -0.1) is 5.10 Å². The summed E-state index contributed by atoms with van der Waals surface area (Å²) in [6.07, 6.45) is 0. The SMILES string of the molecule is Cc1ccc2cc(C[NH+](CCO)[C@@H](c3nnnn3C(C)(C)C)C(C)C)c(=O)[nH]c2c1. The first-order valence-electron chi connectivity index (χ1n) is 10.5. The number of hydrogen-bond acceptors (Lipinski definition) is 5. The number of fused-ring (bicyclic) bond motifs is 1. The molecule has 3 N–H and O–H groups in total. The van der Waals surface area contributed by atoms with Gasteiger partial charge in [0.05, 0.1) is 17.7 Å². The monoisotopic (exact) mass is 413 g/mol. The molecule has 8 heteroatoms. The fourth-order valence-electron chi connectivity index (χ4n) is 4.05. The Morgan fingerprint density at radius 1 is 1.23 bits per heavy atom. The normalized spacial score (nSPS) is 14.4. The number of benzene rings is 1. The molecule has 30 heavy (non-hydrogen) atoms. The van der Waals surface area contributed by atoms with E-state index >= 15 is 0 Å². The first kappa shape index (κ1) is 22.1. The lowest BCUT2D eigenvalue weighted by atomic mass is 9.99. The van der Waals surface area contributed by atoms with Crippen molar-refractivity contribution in [1.29, 1.82) is 0 Å². The lowest BCUT2D eigenvalue weighted by Gasteiger charge is -2.32. The third kappa shape index (κ3) is 4.60. The molecule has 1 unspecified atom stereocenters. The average Bonchev–Trinajstić information content (AvgIpc) is 3.12. The lowest BCUT2D eigenvalue weighted by molar-refractivity contribution is -0.950. The van der Waals surface area contributed by atoms with Gasteiger partial charge in [0.1, 0.15) is 13.1 Å². The summed E-state index contributed by atoms with van der Waals surface area (Å²) in [5, 5.41) is 23.3. The molecule has 1 aromatic carbocycles. The van der Waals surface area contributed by atoms with Crippen LogP contribution >= 0.6 is 0 Å². The zero-order valence-electron chi connectivity index (χ0n) is 18.7. The maximum atomic E-state index is 12.8. The minimum absolute atomic E-state index is 0.0142. The molecule has 3 rings (SSSR count). The van der Waals surface area contributed by atoms with Gasteiger partial charge in [0.2, 0.25) is 5.82 Å². The van der Waals surface area contributed by atoms with Crippen LogP contribution in [0.4, 0.5) is 0 Å². The molecule has 2 atom stereocenters. The Morgan fingerprint density at radius 3 is 2.60 bits per heavy atom. The molecule has 0 radical (unpaired) electrons. The summed E-state index contributed by atoms with van der Waals surface area (Å²) in [4.78, 5) is 16.9. The molecule has 0 aliphatic heterocycles. The van der Waals surface area contributed by atoms with Crippen molar-refractivity contribution in [3.05, 3.63) is 51.6 Å². The van der Waals surface area contributed by atoms with E-state index in [0.29, 0.717) is 18.7 Å². The molecule has 2 heterocycles. The van der Waals surface area contributed by atoms with Gasteiger partial charge < -0.3 is 15.0 Å². The van der Waals surface area contributed by atoms with Crippen LogP contribution in [-0.2, 0) is 12.1 Å². The molecule has 2 aromatic heterocycles. The predicted molar refractivity (Wildman–Crippen MR) is 116 cm³/mol. The van der Waals surface area contributed by atoms with Gasteiger partial charge in [-0.25, -0.2) is 4.68 Å². The van der Waals surface area contributed by atoms with Crippen molar-refractivity contribution in [1.82, 2.24) is 25.2 Å². The molecule has 3 aromatic rings. The number of aliphatic hydroxyl groups excluding tert-OH is 1. The summed E-state index contributed by atoms with van der Waals surface area (Å²) in [5.41, 5.74) is 2.27. The Hall–Kier alpha value is -2.58. The highest BCUT2D eigenvalue weighted by Gasteiger charge is 2.35. The van der Waals surface area contributed by atoms with E-state index in [1.54, 1.807) is 0 Å². The maximum Gasteiger partial charge on any atom is 0.257 e. The number of hydrogen-bond donors (Lipinski definition) is 3. The molecule has 0 aliphatic carbocycles. The number of aliphatic hydroxyl groups is 1. The second-order valence-corrected chi connectivity index (χ2v) is 9.36. The van der Waals surface area contributed by atoms with Gasteiger partial charge in [-0.3, -0.25) is 4.79 Å². The van der Waals surface area contributed by atoms with E-state index in [-0.39, 0.29) is 29.7 Å². The number of rotatable bonds is 7. The van der Waals surface area contributed by atoms with Gasteiger partial charge >= 0.3 is 0 Å². The Kier molecular flexibility index (Phi) is 6.38. The largest absolute Gasteiger partial charge is 0.391 e. The van der Waals surface area contributed by atoms with Crippen molar-refractivity contribution in [2.45, 2.75) is 59.7 Å². The van der Waals surface area contributed by atoms with E-state index in [9.17, 15) is 9.90 Å². The van der Waals surface area contributed by atoms with Crippen molar-refractivity contribution in [3.63, 3.8) is 0 Å². The number of quaternary nitrogens is 1. The van der Waals surface area contributed by atoms with Crippen molar-refractivity contribution in [3.8, 4) is 0 Å². The highest BCUT2D eigenvalue weighted by atomic mass is 16.3. The van der Waals surface area contributed by atoms with Gasteiger partial charge in [-0.2, -0.15) is 0 Å². The minimum atomic E-state index is -0.269. The Balaban J connectivity index is 2.03. The first-order chi connectivity index (χ1) is 14.1. The van der Waals surface area contributed by atoms with Crippen LogP contribution in [0.15, 0.2) is 29.1 Å². The molecule has 0 aliphatic rings. The van der Waals surface area contributed by atoms with Crippen LogP contribution < -0.4 is 10.5 Å². The van der Waals surface area contributed by atoms with Crippen LogP contribution in [-0.4, -0.2) is 43.4 Å². The maximum absolute atomic E-state index is 12.8. The summed E-state index contributed by atoms with van der Waals surface area (Å²) < 4.78 is 1.85. The summed E-state index contributed by atoms with van der Waals surface area (Å²) >= 11 is 0. The molecule has 0 bridgehead atoms. The average molecular weight is 414 g/mol. The number of aryl methyl sites for hydroxylation is 1. The molecule has 8 nitrogen and oxygen atoms in total. The first-order valence-corrected chi connectivity index (χ1v) is 10.5. The molecule has 0 saturated carbocycles. The summed E-state index contributed by atoms with van der Waals surface area (Å²) in [6, 6.07) is 7.93. The molecular weight excluding hydrogens is 380 g/mol. The summed E-state index contributed by atoms with van der Waals surface area (Å²) in [6.45, 7) is 13.4. The number of H-pyrrole nitrogens is 1. The zero-order valence-corrected chi connectivity index (χ0v) is 18.7. The van der Waals surface area contributed by atoms with Gasteiger partial charge in [0.15, 0.2) is 6.04 Å². The Labute approximate surface area is 176 Å². The molecule has 0 fully saturated rings. The van der Waals surface area contributed by atoms with E-state index < -0.39 is 0 Å². The summed E-state index contributed by atoms with van der Waals surface area (Å²) in [5.74, 6) is 0.981. The number of pyridine rings is 1. The van der Waals surface area contributed by atoms with Crippen LogP contribution in [0.2, 0.25) is 0 Å². The second-order valence-electron chi connectivity index (χ2n) is 9.36. The van der Waals surface area contributed by atoms with Crippen LogP contribution in [0.5, 0.6) is 0 Å². The summed E-state index contributed by atoms with van der Waals surface area (Å²) in [7, 11) is 0. The van der Waals surface area contributed by atoms with Gasteiger partial charge in [-0.05, 0) is 61.2 Å². The Morgan fingerprint density at radius 2 is 1.97 bits per heavy atom. The topological polar surface area (TPSA) is 101 Å². The van der Waals surface area contributed by atoms with E-state index in [1.807, 2.05) is 35.9 Å². The van der Waals surface area contributed by atoms with Gasteiger partial charge in [-0.1, -0.05) is 26.0 Å². The number of nitrogens with one attached hydrogen (secondary N) is 2. The number of aromatic nitrogens is 5. The molecule has 0 amide bonds. The van der Waals surface area contributed by atoms with Crippen LogP contribution in [0.25, 0.3) is 10.9 Å². The second kappa shape index (κ2) is 8.65. The van der Waals surface area contributed by atoms with Crippen LogP contribution in [0, 0.1) is 12.8 Å². The van der Waals surface area contributed by atoms with E-state index in [0.717, 1.165) is 27.2 Å². The number of nitrogens with zero attached hydrogens (tertiary/aromatic N) is 4. The van der Waals surface area contributed by atoms with E-state index in [2.05, 4.69) is 55.1 Å². The van der Waals surface area contributed by atoms with Gasteiger partial charge in [0.25, 0.3) is 5.56 Å². The van der Waals surface area contributed by atoms with Crippen molar-refractivity contribution < 1.29 is 10.0 Å². The molecule has 0 spiro atoms. The van der Waals surface area contributed by atoms with Crippen molar-refractivity contribution in [2.24, 2.45) is 5.92 Å². The molecule has 0 saturated heterocycles. The van der Waals surface area contributed by atoms with Crippen LogP contribution in [0.1, 0.15) is 57.6 Å². The minimum Gasteiger partial charge on any atom is -0.391 e. The Bertz CT molecular complexity index is 1060. The third-order valence-corrected chi connectivity index (χ3v) is 5.44. The molecule has 162 valence electrons. The van der Waals surface area contributed by atoms with E-state index in [4.69, 9.17) is 0 Å². The quantitative estimate of drug-likeness (QED) is 0.543. The predicted octanol–water partition coefficient (Wildman–Crippen LogP) is 1.35. The smallest absolute Gasteiger partial charge is 0.257 e. The van der Waals surface area contributed by atoms with Crippen molar-refractivity contribution >= 4 is 10.9 Å². The standard InChI is InChI=1S/C22H32N6O2/c1-14(2)19(20-24-25-26-28(20)22(4,5)6)27(9-10-29)13-17-12-16-8-7-15(3)11-18(16)23-21(17)30/h7-8,11-12,14,19,29H,9-10,13H2,1-6H3,(H,23,30)/p+1/t19-/m1/s1. The molecular formula is C22H33N6O2+. The zero-order chi connectivity index (χ0) is 22.1. The van der Waals surface area contributed by atoms with Gasteiger partial charge in [0, 0.05) is 11.4 Å². The van der Waals surface area contributed by atoms with Crippen LogP contribution in [0.3, 0.4) is 0 Å². The fraction of sp³-hybridized carbons (Fsp3) is 0.545. The third-order valence-electron chi connectivity index (χ3n) is 5.44. The number of tetrazole rings is 1. The van der Waals surface area contributed by atoms with E-state index in [1.165, 1.54) is 0 Å².